The molecule has 0 amide bonds. The van der Waals surface area contributed by atoms with Crippen LogP contribution in [0.2, 0.25) is 5.02 Å². The van der Waals surface area contributed by atoms with Crippen LogP contribution >= 0.6 is 11.6 Å². The van der Waals surface area contributed by atoms with Crippen molar-refractivity contribution in [2.24, 2.45) is 0 Å². The second-order valence-corrected chi connectivity index (χ2v) is 5.08. The van der Waals surface area contributed by atoms with Gasteiger partial charge in [-0.15, -0.1) is 0 Å². The Morgan fingerprint density at radius 3 is 2.95 bits per heavy atom. The Bertz CT molecular complexity index is 462. The van der Waals surface area contributed by atoms with E-state index in [2.05, 4.69) is 21.3 Å². The summed E-state index contributed by atoms with van der Waals surface area (Å²) in [5, 5.41) is 3.81. The molecule has 1 aromatic heterocycles. The van der Waals surface area contributed by atoms with Crippen molar-refractivity contribution in [1.82, 2.24) is 10.3 Å². The number of hydrogen-bond acceptors (Lipinski definition) is 4. The standard InChI is InChI=1S/C14H20ClN3O/c1-16-8-12-7-13(15)14(17-9-12)18-5-3-11(4-6-18)10-19-2/h3,7,9,16H,4-6,8,10H2,1-2H3. The van der Waals surface area contributed by atoms with E-state index in [-0.39, 0.29) is 0 Å². The number of ether oxygens (including phenoxy) is 1. The predicted molar refractivity (Wildman–Crippen MR) is 78.8 cm³/mol. The van der Waals surface area contributed by atoms with E-state index in [0.717, 1.165) is 49.1 Å². The second-order valence-electron chi connectivity index (χ2n) is 4.67. The number of rotatable bonds is 5. The highest BCUT2D eigenvalue weighted by molar-refractivity contribution is 6.33. The molecule has 4 nitrogen and oxygen atoms in total. The van der Waals surface area contributed by atoms with Crippen LogP contribution in [0.4, 0.5) is 5.82 Å². The first-order valence-electron chi connectivity index (χ1n) is 6.45. The van der Waals surface area contributed by atoms with Crippen LogP contribution in [0.3, 0.4) is 0 Å². The van der Waals surface area contributed by atoms with Crippen LogP contribution in [0.25, 0.3) is 0 Å². The Morgan fingerprint density at radius 1 is 1.53 bits per heavy atom. The van der Waals surface area contributed by atoms with Crippen molar-refractivity contribution in [2.75, 3.05) is 38.8 Å². The van der Waals surface area contributed by atoms with Crippen LogP contribution in [0.1, 0.15) is 12.0 Å². The molecular weight excluding hydrogens is 262 g/mol. The minimum absolute atomic E-state index is 0.718. The highest BCUT2D eigenvalue weighted by atomic mass is 35.5. The van der Waals surface area contributed by atoms with Crippen LogP contribution in [0, 0.1) is 0 Å². The van der Waals surface area contributed by atoms with Crippen LogP contribution in [-0.4, -0.2) is 38.8 Å². The molecule has 1 N–H and O–H groups in total. The van der Waals surface area contributed by atoms with E-state index in [9.17, 15) is 0 Å². The van der Waals surface area contributed by atoms with E-state index in [4.69, 9.17) is 16.3 Å². The lowest BCUT2D eigenvalue weighted by atomic mass is 10.1. The molecule has 1 aliphatic heterocycles. The first kappa shape index (κ1) is 14.3. The molecule has 1 aliphatic rings. The Balaban J connectivity index is 2.07. The third-order valence-electron chi connectivity index (χ3n) is 3.19. The second kappa shape index (κ2) is 6.89. The van der Waals surface area contributed by atoms with E-state index < -0.39 is 0 Å². The lowest BCUT2D eigenvalue weighted by Crippen LogP contribution is -2.30. The summed E-state index contributed by atoms with van der Waals surface area (Å²) in [7, 11) is 3.64. The highest BCUT2D eigenvalue weighted by Gasteiger charge is 2.16. The zero-order chi connectivity index (χ0) is 13.7. The Labute approximate surface area is 119 Å². The van der Waals surface area contributed by atoms with Gasteiger partial charge in [0.25, 0.3) is 0 Å². The fraction of sp³-hybridized carbons (Fsp3) is 0.500. The summed E-state index contributed by atoms with van der Waals surface area (Å²) >= 11 is 6.32. The molecule has 0 unspecified atom stereocenters. The summed E-state index contributed by atoms with van der Waals surface area (Å²) in [6, 6.07) is 1.98. The van der Waals surface area contributed by atoms with Crippen molar-refractivity contribution in [3.8, 4) is 0 Å². The van der Waals surface area contributed by atoms with Crippen LogP contribution in [0.5, 0.6) is 0 Å². The monoisotopic (exact) mass is 281 g/mol. The molecule has 0 aromatic carbocycles. The SMILES string of the molecule is CNCc1cnc(N2CC=C(COC)CC2)c(Cl)c1. The summed E-state index contributed by atoms with van der Waals surface area (Å²) in [6.07, 6.45) is 5.09. The third kappa shape index (κ3) is 3.69. The summed E-state index contributed by atoms with van der Waals surface area (Å²) in [6.45, 7) is 3.28. The van der Waals surface area contributed by atoms with Crippen molar-refractivity contribution in [2.45, 2.75) is 13.0 Å². The van der Waals surface area contributed by atoms with Gasteiger partial charge < -0.3 is 15.0 Å². The van der Waals surface area contributed by atoms with E-state index in [0.29, 0.717) is 0 Å². The van der Waals surface area contributed by atoms with Crippen molar-refractivity contribution in [3.63, 3.8) is 0 Å². The average molecular weight is 282 g/mol. The van der Waals surface area contributed by atoms with Crippen molar-refractivity contribution >= 4 is 17.4 Å². The molecule has 104 valence electrons. The Morgan fingerprint density at radius 2 is 2.37 bits per heavy atom. The zero-order valence-corrected chi connectivity index (χ0v) is 12.2. The van der Waals surface area contributed by atoms with Gasteiger partial charge in [-0.25, -0.2) is 4.98 Å². The number of hydrogen-bond donors (Lipinski definition) is 1. The minimum atomic E-state index is 0.718. The van der Waals surface area contributed by atoms with Gasteiger partial charge in [-0.2, -0.15) is 0 Å². The molecule has 1 aromatic rings. The maximum Gasteiger partial charge on any atom is 0.147 e. The van der Waals surface area contributed by atoms with Crippen molar-refractivity contribution in [3.05, 3.63) is 34.5 Å². The summed E-state index contributed by atoms with van der Waals surface area (Å²) in [5.74, 6) is 0.870. The normalized spacial score (nSPS) is 15.5. The van der Waals surface area contributed by atoms with Gasteiger partial charge >= 0.3 is 0 Å². The fourth-order valence-corrected chi connectivity index (χ4v) is 2.53. The lowest BCUT2D eigenvalue weighted by Gasteiger charge is -2.28. The molecule has 2 rings (SSSR count). The topological polar surface area (TPSA) is 37.4 Å². The Kier molecular flexibility index (Phi) is 5.19. The van der Waals surface area contributed by atoms with E-state index in [1.807, 2.05) is 19.3 Å². The number of halogens is 1. The van der Waals surface area contributed by atoms with E-state index in [1.54, 1.807) is 7.11 Å². The average Bonchev–Trinajstić information content (AvgIpc) is 2.41. The van der Waals surface area contributed by atoms with Gasteiger partial charge in [0.1, 0.15) is 5.82 Å². The zero-order valence-electron chi connectivity index (χ0n) is 11.4. The number of methoxy groups -OCH3 is 1. The van der Waals surface area contributed by atoms with E-state index >= 15 is 0 Å². The third-order valence-corrected chi connectivity index (χ3v) is 3.47. The molecule has 19 heavy (non-hydrogen) atoms. The summed E-state index contributed by atoms with van der Waals surface area (Å²) in [5.41, 5.74) is 2.45. The molecule has 0 fully saturated rings. The molecule has 0 bridgehead atoms. The Hall–Kier alpha value is -1.10. The summed E-state index contributed by atoms with van der Waals surface area (Å²) in [4.78, 5) is 6.68. The fourth-order valence-electron chi connectivity index (χ4n) is 2.22. The van der Waals surface area contributed by atoms with Gasteiger partial charge in [0.15, 0.2) is 0 Å². The van der Waals surface area contributed by atoms with Crippen LogP contribution < -0.4 is 10.2 Å². The molecule has 0 spiro atoms. The number of aromatic nitrogens is 1. The molecule has 5 heteroatoms. The number of anilines is 1. The molecular formula is C14H20ClN3O. The molecule has 0 radical (unpaired) electrons. The molecule has 0 saturated carbocycles. The van der Waals surface area contributed by atoms with E-state index in [1.165, 1.54) is 5.57 Å². The van der Waals surface area contributed by atoms with Crippen molar-refractivity contribution < 1.29 is 4.74 Å². The quantitative estimate of drug-likeness (QED) is 0.840. The van der Waals surface area contributed by atoms with Gasteiger partial charge in [-0.05, 0) is 30.7 Å². The van der Waals surface area contributed by atoms with Gasteiger partial charge in [-0.3, -0.25) is 0 Å². The highest BCUT2D eigenvalue weighted by Crippen LogP contribution is 2.26. The largest absolute Gasteiger partial charge is 0.380 e. The first-order chi connectivity index (χ1) is 9.24. The van der Waals surface area contributed by atoms with Gasteiger partial charge in [-0.1, -0.05) is 17.7 Å². The molecule has 0 aliphatic carbocycles. The smallest absolute Gasteiger partial charge is 0.147 e. The lowest BCUT2D eigenvalue weighted by molar-refractivity contribution is 0.222. The maximum atomic E-state index is 6.32. The predicted octanol–water partition coefficient (Wildman–Crippen LogP) is 2.24. The molecule has 0 atom stereocenters. The summed E-state index contributed by atoms with van der Waals surface area (Å²) < 4.78 is 5.15. The molecule has 2 heterocycles. The first-order valence-corrected chi connectivity index (χ1v) is 6.83. The maximum absolute atomic E-state index is 6.32. The molecule has 0 saturated heterocycles. The minimum Gasteiger partial charge on any atom is -0.380 e. The van der Waals surface area contributed by atoms with Crippen LogP contribution in [0.15, 0.2) is 23.9 Å². The van der Waals surface area contributed by atoms with Gasteiger partial charge in [0.05, 0.1) is 11.6 Å². The van der Waals surface area contributed by atoms with Gasteiger partial charge in [0, 0.05) is 32.9 Å². The van der Waals surface area contributed by atoms with Crippen LogP contribution in [-0.2, 0) is 11.3 Å². The number of nitrogens with zero attached hydrogens (tertiary/aromatic N) is 2. The van der Waals surface area contributed by atoms with Crippen molar-refractivity contribution in [1.29, 1.82) is 0 Å². The van der Waals surface area contributed by atoms with Gasteiger partial charge in [0.2, 0.25) is 0 Å². The number of pyridine rings is 1. The number of nitrogens with one attached hydrogen (secondary N) is 1.